The first-order valence-electron chi connectivity index (χ1n) is 8.27. The Hall–Kier alpha value is -2.14. The van der Waals surface area contributed by atoms with Crippen LogP contribution in [0.4, 0.5) is 5.13 Å². The Morgan fingerprint density at radius 3 is 2.58 bits per heavy atom. The number of fused-ring (bicyclic) bond motifs is 1. The topological polar surface area (TPSA) is 58.0 Å². The zero-order valence-electron chi connectivity index (χ0n) is 14.5. The van der Waals surface area contributed by atoms with Gasteiger partial charge in [-0.15, -0.1) is 0 Å². The molecule has 0 aliphatic carbocycles. The van der Waals surface area contributed by atoms with Crippen molar-refractivity contribution >= 4 is 26.7 Å². The van der Waals surface area contributed by atoms with E-state index in [0.717, 1.165) is 32.2 Å². The van der Waals surface area contributed by atoms with Crippen molar-refractivity contribution in [1.82, 2.24) is 9.97 Å². The molecule has 0 saturated carbocycles. The minimum Gasteiger partial charge on any atom is -0.507 e. The van der Waals surface area contributed by atoms with Crippen LogP contribution in [0.15, 0.2) is 30.5 Å². The third-order valence-corrected chi connectivity index (χ3v) is 5.13. The van der Waals surface area contributed by atoms with Crippen molar-refractivity contribution in [3.05, 3.63) is 47.3 Å². The Morgan fingerprint density at radius 2 is 1.96 bits per heavy atom. The molecule has 0 unspecified atom stereocenters. The highest BCUT2D eigenvalue weighted by Gasteiger charge is 2.20. The molecule has 3 rings (SSSR count). The van der Waals surface area contributed by atoms with E-state index in [1.54, 1.807) is 17.5 Å². The number of anilines is 1. The molecule has 0 bridgehead atoms. The summed E-state index contributed by atoms with van der Waals surface area (Å²) in [6.45, 7) is 9.05. The summed E-state index contributed by atoms with van der Waals surface area (Å²) in [4.78, 5) is 9.04. The third kappa shape index (κ3) is 3.22. The van der Waals surface area contributed by atoms with Crippen molar-refractivity contribution < 1.29 is 5.11 Å². The minimum atomic E-state index is 0.246. The van der Waals surface area contributed by atoms with Gasteiger partial charge in [0.15, 0.2) is 5.13 Å². The Kier molecular flexibility index (Phi) is 4.71. The number of benzene rings is 1. The highest BCUT2D eigenvalue weighted by atomic mass is 32.1. The summed E-state index contributed by atoms with van der Waals surface area (Å²) in [6.07, 6.45) is 1.79. The van der Waals surface area contributed by atoms with Crippen LogP contribution in [0.1, 0.15) is 56.4 Å². The minimum absolute atomic E-state index is 0.246. The van der Waals surface area contributed by atoms with Crippen molar-refractivity contribution in [3.63, 3.8) is 0 Å². The number of aromatic nitrogens is 2. The van der Waals surface area contributed by atoms with E-state index >= 15 is 0 Å². The largest absolute Gasteiger partial charge is 0.507 e. The van der Waals surface area contributed by atoms with Gasteiger partial charge in [0.1, 0.15) is 5.75 Å². The number of hydrogen-bond donors (Lipinski definition) is 2. The summed E-state index contributed by atoms with van der Waals surface area (Å²) >= 11 is 1.60. The molecule has 4 nitrogen and oxygen atoms in total. The highest BCUT2D eigenvalue weighted by Crippen LogP contribution is 2.42. The second-order valence-electron chi connectivity index (χ2n) is 6.58. The van der Waals surface area contributed by atoms with Crippen molar-refractivity contribution in [2.24, 2.45) is 0 Å². The van der Waals surface area contributed by atoms with Crippen LogP contribution < -0.4 is 5.32 Å². The fourth-order valence-electron chi connectivity index (χ4n) is 2.82. The van der Waals surface area contributed by atoms with Crippen molar-refractivity contribution in [2.75, 3.05) is 5.32 Å². The smallest absolute Gasteiger partial charge is 0.184 e. The van der Waals surface area contributed by atoms with Crippen LogP contribution in [0.25, 0.3) is 10.2 Å². The standard InChI is InChI=1S/C19H23N3OS/c1-11(2)14-9-15-18(16(12(3)4)17(14)23)24-19(22-15)21-10-13-7-5-6-8-20-13/h5-9,11-12,23H,10H2,1-4H3,(H,21,22). The lowest BCUT2D eigenvalue weighted by Crippen LogP contribution is -2.00. The van der Waals surface area contributed by atoms with Gasteiger partial charge in [0.25, 0.3) is 0 Å². The fourth-order valence-corrected chi connectivity index (χ4v) is 3.95. The average molecular weight is 341 g/mol. The molecule has 0 aliphatic heterocycles. The molecule has 2 heterocycles. The van der Waals surface area contributed by atoms with E-state index in [-0.39, 0.29) is 11.8 Å². The average Bonchev–Trinajstić information content (AvgIpc) is 2.95. The SMILES string of the molecule is CC(C)c1cc2nc(NCc3ccccn3)sc2c(C(C)C)c1O. The number of thiazole rings is 1. The predicted molar refractivity (Wildman–Crippen MR) is 101 cm³/mol. The lowest BCUT2D eigenvalue weighted by molar-refractivity contribution is 0.456. The number of aromatic hydroxyl groups is 1. The van der Waals surface area contributed by atoms with Gasteiger partial charge in [0.05, 0.1) is 22.5 Å². The first-order valence-corrected chi connectivity index (χ1v) is 9.09. The zero-order chi connectivity index (χ0) is 17.3. The number of nitrogens with zero attached hydrogens (tertiary/aromatic N) is 2. The normalized spacial score (nSPS) is 11.6. The number of phenolic OH excluding ortho intramolecular Hbond substituents is 1. The first kappa shape index (κ1) is 16.7. The van der Waals surface area contributed by atoms with Gasteiger partial charge < -0.3 is 10.4 Å². The molecule has 126 valence electrons. The molecule has 0 fully saturated rings. The van der Waals surface area contributed by atoms with Crippen molar-refractivity contribution in [3.8, 4) is 5.75 Å². The van der Waals surface area contributed by atoms with Crippen molar-refractivity contribution in [2.45, 2.75) is 46.1 Å². The molecule has 0 saturated heterocycles. The maximum absolute atomic E-state index is 10.7. The fraction of sp³-hybridized carbons (Fsp3) is 0.368. The van der Waals surface area contributed by atoms with Gasteiger partial charge in [-0.25, -0.2) is 4.98 Å². The second-order valence-corrected chi connectivity index (χ2v) is 7.58. The summed E-state index contributed by atoms with van der Waals surface area (Å²) in [5.41, 5.74) is 3.90. The molecular formula is C19H23N3OS. The maximum Gasteiger partial charge on any atom is 0.184 e. The van der Waals surface area contributed by atoms with E-state index in [1.165, 1.54) is 0 Å². The number of phenols is 1. The van der Waals surface area contributed by atoms with E-state index in [9.17, 15) is 5.11 Å². The Labute approximate surface area is 146 Å². The van der Waals surface area contributed by atoms with E-state index < -0.39 is 0 Å². The highest BCUT2D eigenvalue weighted by molar-refractivity contribution is 7.22. The summed E-state index contributed by atoms with van der Waals surface area (Å²) in [5, 5.41) is 14.9. The Balaban J connectivity index is 1.99. The summed E-state index contributed by atoms with van der Waals surface area (Å²) in [6, 6.07) is 7.89. The molecule has 0 aliphatic rings. The van der Waals surface area contributed by atoms with Crippen LogP contribution in [0, 0.1) is 0 Å². The number of pyridine rings is 1. The summed E-state index contributed by atoms with van der Waals surface area (Å²) in [5.74, 6) is 0.932. The van der Waals surface area contributed by atoms with Gasteiger partial charge in [-0.1, -0.05) is 45.1 Å². The van der Waals surface area contributed by atoms with E-state index in [1.807, 2.05) is 24.3 Å². The van der Waals surface area contributed by atoms with Gasteiger partial charge in [0, 0.05) is 11.8 Å². The first-order chi connectivity index (χ1) is 11.5. The van der Waals surface area contributed by atoms with Crippen LogP contribution in [0.2, 0.25) is 0 Å². The van der Waals surface area contributed by atoms with Crippen LogP contribution in [-0.4, -0.2) is 15.1 Å². The molecule has 0 radical (unpaired) electrons. The lowest BCUT2D eigenvalue weighted by atomic mass is 9.93. The molecular weight excluding hydrogens is 318 g/mol. The van der Waals surface area contributed by atoms with Gasteiger partial charge >= 0.3 is 0 Å². The van der Waals surface area contributed by atoms with Crippen LogP contribution >= 0.6 is 11.3 Å². The lowest BCUT2D eigenvalue weighted by Gasteiger charge is -2.15. The monoisotopic (exact) mass is 341 g/mol. The molecule has 2 N–H and O–H groups in total. The molecule has 2 aromatic heterocycles. The number of nitrogens with one attached hydrogen (secondary N) is 1. The quantitative estimate of drug-likeness (QED) is 0.665. The van der Waals surface area contributed by atoms with E-state index in [2.05, 4.69) is 38.0 Å². The predicted octanol–water partition coefficient (Wildman–Crippen LogP) is 5.26. The zero-order valence-corrected chi connectivity index (χ0v) is 15.3. The Bertz CT molecular complexity index is 841. The molecule has 24 heavy (non-hydrogen) atoms. The molecule has 3 aromatic rings. The van der Waals surface area contributed by atoms with Crippen LogP contribution in [0.5, 0.6) is 5.75 Å². The Morgan fingerprint density at radius 1 is 1.17 bits per heavy atom. The number of hydrogen-bond acceptors (Lipinski definition) is 5. The van der Waals surface area contributed by atoms with Gasteiger partial charge in [-0.2, -0.15) is 0 Å². The third-order valence-electron chi connectivity index (χ3n) is 4.07. The van der Waals surface area contributed by atoms with Crippen molar-refractivity contribution in [1.29, 1.82) is 0 Å². The van der Waals surface area contributed by atoms with E-state index in [0.29, 0.717) is 12.3 Å². The van der Waals surface area contributed by atoms with Gasteiger partial charge in [0.2, 0.25) is 0 Å². The summed E-state index contributed by atoms with van der Waals surface area (Å²) in [7, 11) is 0. The molecule has 0 spiro atoms. The molecule has 1 aromatic carbocycles. The molecule has 5 heteroatoms. The van der Waals surface area contributed by atoms with Crippen LogP contribution in [0.3, 0.4) is 0 Å². The number of rotatable bonds is 5. The maximum atomic E-state index is 10.7. The molecule has 0 amide bonds. The van der Waals surface area contributed by atoms with E-state index in [4.69, 9.17) is 4.98 Å². The van der Waals surface area contributed by atoms with Crippen LogP contribution in [-0.2, 0) is 6.54 Å². The molecule has 0 atom stereocenters. The second kappa shape index (κ2) is 6.77. The van der Waals surface area contributed by atoms with Gasteiger partial charge in [-0.05, 0) is 35.6 Å². The van der Waals surface area contributed by atoms with Gasteiger partial charge in [-0.3, -0.25) is 4.98 Å². The summed E-state index contributed by atoms with van der Waals surface area (Å²) < 4.78 is 1.07.